The van der Waals surface area contributed by atoms with E-state index in [0.717, 1.165) is 36.1 Å². The minimum absolute atomic E-state index is 0.329. The van der Waals surface area contributed by atoms with E-state index in [1.807, 2.05) is 19.1 Å². The van der Waals surface area contributed by atoms with Crippen LogP contribution in [0.1, 0.15) is 71.7 Å². The monoisotopic (exact) mass is 792 g/mol. The van der Waals surface area contributed by atoms with Crippen molar-refractivity contribution in [3.05, 3.63) is 228 Å². The van der Waals surface area contributed by atoms with Crippen molar-refractivity contribution in [2.75, 3.05) is 0 Å². The molecule has 7 aromatic rings. The molecule has 1 aliphatic rings. The van der Waals surface area contributed by atoms with Gasteiger partial charge in [0.05, 0.1) is 0 Å². The van der Waals surface area contributed by atoms with Gasteiger partial charge in [0.2, 0.25) is 0 Å². The molecule has 0 spiro atoms. The molecule has 8 rings (SSSR count). The van der Waals surface area contributed by atoms with Gasteiger partial charge in [-0.15, -0.1) is 12.8 Å². The summed E-state index contributed by atoms with van der Waals surface area (Å²) in [6, 6.07) is 58.5. The summed E-state index contributed by atoms with van der Waals surface area (Å²) in [5.41, 5.74) is 20.2. The van der Waals surface area contributed by atoms with Crippen LogP contribution < -0.4 is 5.32 Å². The molecular weight excluding hydrogens is 737 g/mol. The minimum Gasteiger partial charge on any atom is -0.306 e. The number of terminal acetylenes is 1. The first kappa shape index (κ1) is 43.5. The first-order valence-electron chi connectivity index (χ1n) is 21.1. The summed E-state index contributed by atoms with van der Waals surface area (Å²) in [4.78, 5) is 0. The summed E-state index contributed by atoms with van der Waals surface area (Å²) in [6.45, 7) is 13.3. The topological polar surface area (TPSA) is 35.9 Å². The highest BCUT2D eigenvalue weighted by Gasteiger charge is 2.17. The lowest BCUT2D eigenvalue weighted by molar-refractivity contribution is 0.575. The first-order chi connectivity index (χ1) is 29.8. The molecule has 0 saturated carbocycles. The zero-order chi connectivity index (χ0) is 43.1. The van der Waals surface area contributed by atoms with Crippen LogP contribution in [0.5, 0.6) is 0 Å². The molecule has 0 heterocycles. The molecule has 2 heteroatoms. The first-order valence-corrected chi connectivity index (χ1v) is 21.1. The Kier molecular flexibility index (Phi) is 15.2. The van der Waals surface area contributed by atoms with Crippen molar-refractivity contribution in [3.63, 3.8) is 0 Å². The van der Waals surface area contributed by atoms with Gasteiger partial charge in [-0.3, -0.25) is 0 Å². The molecule has 2 N–H and O–H groups in total. The third-order valence-corrected chi connectivity index (χ3v) is 11.3. The van der Waals surface area contributed by atoms with E-state index in [1.165, 1.54) is 72.3 Å². The van der Waals surface area contributed by atoms with Gasteiger partial charge >= 0.3 is 0 Å². The standard InChI is InChI=1S/C30H29N.C27H25N.C2H2/c1-5-23-19-25(22(4)31)17-18-28(23)30-20(2)11-9-16-29(30)27-15-10-14-26(21(27)3)24-12-7-6-8-13-24;1-21(23-10-4-2-5-11-23)28-20-22-9-8-14-27(19-22)26-17-15-25(16-18-26)24-12-6-3-7-13-24;1-2/h5,7,9-19,31H,1,6,8H2,2-4H3;2-19,21,28H,20H2,1H3;1-2H. The Morgan fingerprint density at radius 1 is 0.656 bits per heavy atom. The largest absolute Gasteiger partial charge is 0.306 e. The second-order valence-corrected chi connectivity index (χ2v) is 15.4. The lowest BCUT2D eigenvalue weighted by Gasteiger charge is -2.20. The number of aryl methyl sites for hydroxylation is 1. The van der Waals surface area contributed by atoms with Crippen LogP contribution in [0.25, 0.3) is 56.2 Å². The second kappa shape index (κ2) is 21.3. The van der Waals surface area contributed by atoms with E-state index in [4.69, 9.17) is 5.41 Å². The van der Waals surface area contributed by atoms with Gasteiger partial charge in [-0.05, 0) is 142 Å². The molecule has 7 aromatic carbocycles. The van der Waals surface area contributed by atoms with Crippen LogP contribution in [-0.2, 0) is 6.54 Å². The maximum absolute atomic E-state index is 8.01. The number of hydrogen-bond donors (Lipinski definition) is 2. The Hall–Kier alpha value is -7.05. The average molecular weight is 793 g/mol. The van der Waals surface area contributed by atoms with E-state index in [-0.39, 0.29) is 0 Å². The molecule has 0 saturated heterocycles. The Morgan fingerprint density at radius 3 is 1.93 bits per heavy atom. The van der Waals surface area contributed by atoms with Crippen LogP contribution >= 0.6 is 0 Å². The molecule has 0 amide bonds. The SMILES string of the molecule is C#C.C=Cc1cc(C(C)=N)ccc1-c1c(C)cccc1-c1cccc(C2=CCCC=C2)c1C.CC(NCc1cccc(-c2ccc(-c3ccccc3)cc2)c1)c1ccccc1. The molecular formula is C59H56N2. The Morgan fingerprint density at radius 2 is 1.26 bits per heavy atom. The quantitative estimate of drug-likeness (QED) is 0.0993. The molecule has 1 aliphatic carbocycles. The highest BCUT2D eigenvalue weighted by atomic mass is 14.9. The fraction of sp³-hybridized carbons (Fsp3) is 0.136. The Bertz CT molecular complexity index is 2660. The molecule has 0 bridgehead atoms. The van der Waals surface area contributed by atoms with E-state index in [2.05, 4.69) is 221 Å². The second-order valence-electron chi connectivity index (χ2n) is 15.4. The van der Waals surface area contributed by atoms with Gasteiger partial charge < -0.3 is 10.7 Å². The van der Waals surface area contributed by atoms with Crippen LogP contribution in [0.3, 0.4) is 0 Å². The van der Waals surface area contributed by atoms with Crippen molar-refractivity contribution in [1.29, 1.82) is 5.41 Å². The van der Waals surface area contributed by atoms with E-state index < -0.39 is 0 Å². The zero-order valence-corrected chi connectivity index (χ0v) is 36.0. The highest BCUT2D eigenvalue weighted by Crippen LogP contribution is 2.40. The summed E-state index contributed by atoms with van der Waals surface area (Å²) in [5, 5.41) is 11.6. The van der Waals surface area contributed by atoms with Gasteiger partial charge in [0.15, 0.2) is 0 Å². The minimum atomic E-state index is 0.329. The molecule has 0 radical (unpaired) electrons. The predicted molar refractivity (Wildman–Crippen MR) is 265 cm³/mol. The van der Waals surface area contributed by atoms with Gasteiger partial charge in [-0.25, -0.2) is 0 Å². The number of hydrogen-bond acceptors (Lipinski definition) is 2. The Labute approximate surface area is 364 Å². The van der Waals surface area contributed by atoms with Gasteiger partial charge in [-0.2, -0.15) is 0 Å². The fourth-order valence-corrected chi connectivity index (χ4v) is 7.97. The number of nitrogens with one attached hydrogen (secondary N) is 2. The lowest BCUT2D eigenvalue weighted by atomic mass is 9.84. The smallest absolute Gasteiger partial charge is 0.0355 e. The fourth-order valence-electron chi connectivity index (χ4n) is 7.97. The highest BCUT2D eigenvalue weighted by molar-refractivity contribution is 5.99. The molecule has 0 aromatic heterocycles. The molecule has 302 valence electrons. The van der Waals surface area contributed by atoms with Crippen LogP contribution in [0.15, 0.2) is 189 Å². The van der Waals surface area contributed by atoms with Gasteiger partial charge in [-0.1, -0.05) is 183 Å². The van der Waals surface area contributed by atoms with Crippen molar-refractivity contribution in [3.8, 4) is 57.4 Å². The van der Waals surface area contributed by atoms with E-state index in [0.29, 0.717) is 11.8 Å². The molecule has 0 aliphatic heterocycles. The van der Waals surface area contributed by atoms with E-state index >= 15 is 0 Å². The van der Waals surface area contributed by atoms with Crippen molar-refractivity contribution < 1.29 is 0 Å². The third kappa shape index (κ3) is 10.8. The predicted octanol–water partition coefficient (Wildman–Crippen LogP) is 15.5. The summed E-state index contributed by atoms with van der Waals surface area (Å²) in [5.74, 6) is 0. The summed E-state index contributed by atoms with van der Waals surface area (Å²) < 4.78 is 0. The van der Waals surface area contributed by atoms with Crippen LogP contribution in [0, 0.1) is 32.1 Å². The number of benzene rings is 7. The number of rotatable bonds is 11. The van der Waals surface area contributed by atoms with Crippen molar-refractivity contribution in [2.45, 2.75) is 53.1 Å². The molecule has 0 fully saturated rings. The molecule has 1 unspecified atom stereocenters. The van der Waals surface area contributed by atoms with Crippen molar-refractivity contribution in [1.82, 2.24) is 5.32 Å². The van der Waals surface area contributed by atoms with Gasteiger partial charge in [0.1, 0.15) is 0 Å². The van der Waals surface area contributed by atoms with Crippen LogP contribution in [0.2, 0.25) is 0 Å². The molecule has 2 nitrogen and oxygen atoms in total. The number of allylic oxidation sites excluding steroid dienone is 4. The third-order valence-electron chi connectivity index (χ3n) is 11.3. The summed E-state index contributed by atoms with van der Waals surface area (Å²) in [7, 11) is 0. The van der Waals surface area contributed by atoms with Crippen molar-refractivity contribution >= 4 is 17.4 Å². The van der Waals surface area contributed by atoms with E-state index in [9.17, 15) is 0 Å². The van der Waals surface area contributed by atoms with Gasteiger partial charge in [0, 0.05) is 18.3 Å². The summed E-state index contributed by atoms with van der Waals surface area (Å²) in [6.07, 6.45) is 19.0. The maximum atomic E-state index is 8.01. The van der Waals surface area contributed by atoms with Crippen LogP contribution in [-0.4, -0.2) is 5.71 Å². The van der Waals surface area contributed by atoms with Crippen LogP contribution in [0.4, 0.5) is 0 Å². The zero-order valence-electron chi connectivity index (χ0n) is 36.0. The summed E-state index contributed by atoms with van der Waals surface area (Å²) >= 11 is 0. The normalized spacial score (nSPS) is 12.1. The van der Waals surface area contributed by atoms with Crippen molar-refractivity contribution in [2.24, 2.45) is 0 Å². The lowest BCUT2D eigenvalue weighted by Crippen LogP contribution is -2.17. The average Bonchev–Trinajstić information content (AvgIpc) is 3.32. The maximum Gasteiger partial charge on any atom is 0.0355 e. The molecule has 1 atom stereocenters. The molecule has 61 heavy (non-hydrogen) atoms. The van der Waals surface area contributed by atoms with Gasteiger partial charge in [0.25, 0.3) is 0 Å². The van der Waals surface area contributed by atoms with E-state index in [1.54, 1.807) is 0 Å². The Balaban J connectivity index is 0.000000197.